The number of aromatic nitrogens is 1. The quantitative estimate of drug-likeness (QED) is 0.576. The average Bonchev–Trinajstić information content (AvgIpc) is 2.94. The van der Waals surface area contributed by atoms with E-state index in [-0.39, 0.29) is 5.54 Å². The highest BCUT2D eigenvalue weighted by atomic mass is 16.4. The lowest BCUT2D eigenvalue weighted by molar-refractivity contribution is -0.134. The second kappa shape index (κ2) is 7.96. The highest BCUT2D eigenvalue weighted by Crippen LogP contribution is 2.29. The van der Waals surface area contributed by atoms with Crippen molar-refractivity contribution in [1.82, 2.24) is 10.3 Å². The molecule has 1 aliphatic rings. The van der Waals surface area contributed by atoms with Gasteiger partial charge in [0.05, 0.1) is 0 Å². The fraction of sp³-hybridized carbons (Fsp3) is 0.312. The lowest BCUT2D eigenvalue weighted by Crippen LogP contribution is -2.33. The summed E-state index contributed by atoms with van der Waals surface area (Å²) < 4.78 is 0. The normalized spacial score (nSPS) is 20.0. The van der Waals surface area contributed by atoms with Crippen LogP contribution >= 0.6 is 0 Å². The summed E-state index contributed by atoms with van der Waals surface area (Å²) in [5, 5.41) is 19.1. The molecule has 0 aromatic carbocycles. The van der Waals surface area contributed by atoms with E-state index in [1.165, 1.54) is 12.0 Å². The van der Waals surface area contributed by atoms with Gasteiger partial charge >= 0.3 is 11.9 Å². The zero-order valence-electron chi connectivity index (χ0n) is 12.2. The molecule has 1 aliphatic heterocycles. The molecule has 0 saturated carbocycles. The third-order valence-corrected chi connectivity index (χ3v) is 3.28. The molecule has 6 heteroatoms. The maximum atomic E-state index is 9.55. The van der Waals surface area contributed by atoms with E-state index >= 15 is 0 Å². The Kier molecular flexibility index (Phi) is 6.29. The lowest BCUT2D eigenvalue weighted by atomic mass is 9.91. The topological polar surface area (TPSA) is 99.5 Å². The summed E-state index contributed by atoms with van der Waals surface area (Å²) in [6, 6.07) is 2.05. The fourth-order valence-electron chi connectivity index (χ4n) is 2.10. The van der Waals surface area contributed by atoms with Crippen molar-refractivity contribution in [1.29, 1.82) is 0 Å². The number of aliphatic carboxylic acids is 2. The molecule has 1 atom stereocenters. The summed E-state index contributed by atoms with van der Waals surface area (Å²) in [7, 11) is 0. The van der Waals surface area contributed by atoms with Crippen molar-refractivity contribution in [3.8, 4) is 12.3 Å². The maximum Gasteiger partial charge on any atom is 0.328 e. The van der Waals surface area contributed by atoms with Gasteiger partial charge in [0.25, 0.3) is 0 Å². The first-order valence-electron chi connectivity index (χ1n) is 6.68. The first-order valence-corrected chi connectivity index (χ1v) is 6.68. The van der Waals surface area contributed by atoms with E-state index in [2.05, 4.69) is 23.1 Å². The Morgan fingerprint density at radius 2 is 2.00 bits per heavy atom. The molecule has 0 bridgehead atoms. The summed E-state index contributed by atoms with van der Waals surface area (Å²) in [6.45, 7) is 3.29. The average molecular weight is 302 g/mol. The zero-order chi connectivity index (χ0) is 16.6. The maximum absolute atomic E-state index is 9.55. The molecule has 1 fully saturated rings. The largest absolute Gasteiger partial charge is 0.478 e. The number of rotatable bonds is 3. The highest BCUT2D eigenvalue weighted by molar-refractivity contribution is 5.89. The van der Waals surface area contributed by atoms with Crippen LogP contribution in [0.3, 0.4) is 0 Å². The van der Waals surface area contributed by atoms with Crippen molar-refractivity contribution in [3.05, 3.63) is 41.7 Å². The number of hydrogen-bond acceptors (Lipinski definition) is 4. The molecule has 0 radical (unpaired) electrons. The van der Waals surface area contributed by atoms with Crippen LogP contribution < -0.4 is 5.32 Å². The summed E-state index contributed by atoms with van der Waals surface area (Å²) in [4.78, 5) is 23.3. The molecule has 1 saturated heterocycles. The van der Waals surface area contributed by atoms with Crippen LogP contribution in [-0.2, 0) is 15.1 Å². The van der Waals surface area contributed by atoms with E-state index in [9.17, 15) is 9.59 Å². The second-order valence-corrected chi connectivity index (χ2v) is 4.98. The molecule has 1 aromatic rings. The molecule has 0 unspecified atom stereocenters. The Labute approximate surface area is 128 Å². The lowest BCUT2D eigenvalue weighted by Gasteiger charge is -2.24. The molecule has 6 nitrogen and oxygen atoms in total. The van der Waals surface area contributed by atoms with Crippen LogP contribution in [0.5, 0.6) is 0 Å². The minimum absolute atomic E-state index is 0.0693. The Bertz CT molecular complexity index is 595. The first kappa shape index (κ1) is 17.4. The molecular weight excluding hydrogens is 284 g/mol. The summed E-state index contributed by atoms with van der Waals surface area (Å²) >= 11 is 0. The molecule has 2 rings (SSSR count). The number of hydrogen-bond donors (Lipinski definition) is 3. The van der Waals surface area contributed by atoms with Crippen molar-refractivity contribution in [2.24, 2.45) is 0 Å². The van der Waals surface area contributed by atoms with E-state index in [4.69, 9.17) is 16.6 Å². The monoisotopic (exact) mass is 302 g/mol. The van der Waals surface area contributed by atoms with Gasteiger partial charge in [-0.2, -0.15) is 0 Å². The van der Waals surface area contributed by atoms with Crippen LogP contribution in [0.1, 0.15) is 30.9 Å². The van der Waals surface area contributed by atoms with Gasteiger partial charge in [-0.25, -0.2) is 9.59 Å². The van der Waals surface area contributed by atoms with Crippen LogP contribution in [0.4, 0.5) is 0 Å². The van der Waals surface area contributed by atoms with Crippen LogP contribution in [0.15, 0.2) is 30.6 Å². The number of nitrogens with zero attached hydrogens (tertiary/aromatic N) is 1. The Morgan fingerprint density at radius 3 is 2.45 bits per heavy atom. The van der Waals surface area contributed by atoms with Crippen molar-refractivity contribution >= 4 is 11.9 Å². The molecule has 0 aliphatic carbocycles. The molecule has 1 aromatic heterocycles. The minimum Gasteiger partial charge on any atom is -0.478 e. The predicted octanol–water partition coefficient (Wildman–Crippen LogP) is 1.37. The van der Waals surface area contributed by atoms with Crippen molar-refractivity contribution < 1.29 is 19.8 Å². The van der Waals surface area contributed by atoms with E-state index in [0.717, 1.165) is 18.5 Å². The number of terminal acetylenes is 1. The van der Waals surface area contributed by atoms with Gasteiger partial charge in [0.2, 0.25) is 0 Å². The van der Waals surface area contributed by atoms with Gasteiger partial charge in [0, 0.05) is 35.6 Å². The molecular formula is C16H18N2O4. The minimum atomic E-state index is -1.26. The Hall–Kier alpha value is -2.65. The van der Waals surface area contributed by atoms with E-state index in [0.29, 0.717) is 12.2 Å². The number of carboxylic acids is 2. The van der Waals surface area contributed by atoms with E-state index in [1.54, 1.807) is 6.20 Å². The SMILES string of the molecule is C#Cc1cncc([C@]2(C)CCCN2)c1.O=C(O)/C=C\C(=O)O. The third kappa shape index (κ3) is 5.38. The predicted molar refractivity (Wildman–Crippen MR) is 81.2 cm³/mol. The van der Waals surface area contributed by atoms with Gasteiger partial charge in [-0.05, 0) is 37.9 Å². The van der Waals surface area contributed by atoms with Gasteiger partial charge in [-0.1, -0.05) is 5.92 Å². The van der Waals surface area contributed by atoms with Gasteiger partial charge in [0.1, 0.15) is 0 Å². The molecule has 3 N–H and O–H groups in total. The van der Waals surface area contributed by atoms with Crippen molar-refractivity contribution in [2.45, 2.75) is 25.3 Å². The number of carboxylic acid groups (broad SMARTS) is 2. The van der Waals surface area contributed by atoms with Gasteiger partial charge in [-0.15, -0.1) is 6.42 Å². The first-order chi connectivity index (χ1) is 10.4. The third-order valence-electron chi connectivity index (χ3n) is 3.28. The summed E-state index contributed by atoms with van der Waals surface area (Å²) in [5.74, 6) is 0.104. The summed E-state index contributed by atoms with van der Waals surface area (Å²) in [6.07, 6.45) is 12.5. The Morgan fingerprint density at radius 1 is 1.36 bits per heavy atom. The fourth-order valence-corrected chi connectivity index (χ4v) is 2.10. The summed E-state index contributed by atoms with van der Waals surface area (Å²) in [5.41, 5.74) is 2.13. The highest BCUT2D eigenvalue weighted by Gasteiger charge is 2.30. The second-order valence-electron chi connectivity index (χ2n) is 4.98. The van der Waals surface area contributed by atoms with E-state index < -0.39 is 11.9 Å². The molecule has 2 heterocycles. The standard InChI is InChI=1S/C12H14N2.C4H4O4/c1-3-10-7-11(9-13-8-10)12(2)5-4-6-14-12;5-3(6)1-2-4(7)8/h1,7-9,14H,4-6H2,2H3;1-2H,(H,5,6)(H,7,8)/b;2-1-/t12-;/m0./s1. The smallest absolute Gasteiger partial charge is 0.328 e. The van der Waals surface area contributed by atoms with Crippen LogP contribution in [0.2, 0.25) is 0 Å². The van der Waals surface area contributed by atoms with Crippen LogP contribution in [0.25, 0.3) is 0 Å². The van der Waals surface area contributed by atoms with Crippen molar-refractivity contribution in [2.75, 3.05) is 6.54 Å². The number of nitrogens with one attached hydrogen (secondary N) is 1. The molecule has 0 spiro atoms. The van der Waals surface area contributed by atoms with Gasteiger partial charge in [-0.3, -0.25) is 4.98 Å². The molecule has 116 valence electrons. The number of pyridine rings is 1. The van der Waals surface area contributed by atoms with Crippen LogP contribution in [-0.4, -0.2) is 33.7 Å². The number of carbonyl (C=O) groups is 2. The van der Waals surface area contributed by atoms with Crippen molar-refractivity contribution in [3.63, 3.8) is 0 Å². The molecule has 22 heavy (non-hydrogen) atoms. The zero-order valence-corrected chi connectivity index (χ0v) is 12.2. The van der Waals surface area contributed by atoms with Crippen LogP contribution in [0, 0.1) is 12.3 Å². The van der Waals surface area contributed by atoms with Gasteiger partial charge < -0.3 is 15.5 Å². The molecule has 0 amide bonds. The Balaban J connectivity index is 0.000000261. The van der Waals surface area contributed by atoms with Gasteiger partial charge in [0.15, 0.2) is 0 Å². The van der Waals surface area contributed by atoms with E-state index in [1.807, 2.05) is 12.3 Å².